The number of rotatable bonds is 2. The van der Waals surface area contributed by atoms with Gasteiger partial charge in [0.2, 0.25) is 0 Å². The molecule has 0 radical (unpaired) electrons. The van der Waals surface area contributed by atoms with E-state index in [1.165, 1.54) is 35.5 Å². The highest BCUT2D eigenvalue weighted by atomic mass is 32.2. The molecule has 0 aromatic rings. The Labute approximate surface area is 121 Å². The average Bonchev–Trinajstić information content (AvgIpc) is 2.40. The first-order valence-corrected chi connectivity index (χ1v) is 8.78. The van der Waals surface area contributed by atoms with E-state index in [0.29, 0.717) is 4.24 Å². The Morgan fingerprint density at radius 3 is 2.21 bits per heavy atom. The van der Waals surface area contributed by atoms with E-state index in [1.54, 1.807) is 0 Å². The molecule has 0 nitrogen and oxygen atoms in total. The fraction of sp³-hybridized carbons (Fsp3) is 0.714. The summed E-state index contributed by atoms with van der Waals surface area (Å²) in [5, 5.41) is 0. The molecule has 1 aliphatic heterocycles. The first kappa shape index (κ1) is 15.4. The lowest BCUT2D eigenvalue weighted by Gasteiger charge is -2.20. The van der Waals surface area contributed by atoms with Gasteiger partial charge in [-0.15, -0.1) is 23.5 Å². The fourth-order valence-electron chi connectivity index (χ4n) is 2.38. The first-order chi connectivity index (χ1) is 9.07. The van der Waals surface area contributed by atoms with Crippen LogP contribution < -0.4 is 0 Å². The van der Waals surface area contributed by atoms with Crippen molar-refractivity contribution < 1.29 is 13.2 Å². The smallest absolute Gasteiger partial charge is 0.166 e. The van der Waals surface area contributed by atoms with Gasteiger partial charge >= 0.3 is 6.18 Å². The van der Waals surface area contributed by atoms with Gasteiger partial charge in [0.05, 0.1) is 5.57 Å². The molecule has 0 bridgehead atoms. The SMILES string of the molecule is FC(F)(F)C(CC=C1CCCCC1)=C1SCCCS1. The predicted molar refractivity (Wildman–Crippen MR) is 78.4 cm³/mol. The molecule has 19 heavy (non-hydrogen) atoms. The van der Waals surface area contributed by atoms with Crippen LogP contribution >= 0.6 is 23.5 Å². The second kappa shape index (κ2) is 7.11. The Bertz CT molecular complexity index is 353. The van der Waals surface area contributed by atoms with Crippen LogP contribution in [0.25, 0.3) is 0 Å². The molecule has 5 heteroatoms. The molecule has 0 unspecified atom stereocenters. The summed E-state index contributed by atoms with van der Waals surface area (Å²) in [4.78, 5) is 0. The summed E-state index contributed by atoms with van der Waals surface area (Å²) in [5.41, 5.74) is 0.902. The molecule has 2 aliphatic rings. The van der Waals surface area contributed by atoms with Gasteiger partial charge in [-0.3, -0.25) is 0 Å². The van der Waals surface area contributed by atoms with Crippen LogP contribution in [0.1, 0.15) is 44.9 Å². The second-order valence-electron chi connectivity index (χ2n) is 4.94. The molecule has 2 fully saturated rings. The summed E-state index contributed by atoms with van der Waals surface area (Å²) >= 11 is 2.76. The standard InChI is InChI=1S/C14H19F3S2/c15-14(16,17)12(13-18-9-4-10-19-13)8-7-11-5-2-1-3-6-11/h7H,1-6,8-10H2. The minimum absolute atomic E-state index is 0.0637. The van der Waals surface area contributed by atoms with Crippen LogP contribution in [0.5, 0.6) is 0 Å². The fourth-order valence-corrected chi connectivity index (χ4v) is 5.09. The number of hydrogen-bond donors (Lipinski definition) is 0. The van der Waals surface area contributed by atoms with Crippen molar-refractivity contribution in [3.05, 3.63) is 21.5 Å². The predicted octanol–water partition coefficient (Wildman–Crippen LogP) is 5.91. The lowest BCUT2D eigenvalue weighted by atomic mass is 9.93. The molecule has 0 atom stereocenters. The summed E-state index contributed by atoms with van der Waals surface area (Å²) < 4.78 is 39.9. The van der Waals surface area contributed by atoms with Crippen molar-refractivity contribution in [1.82, 2.24) is 0 Å². The van der Waals surface area contributed by atoms with Crippen LogP contribution in [-0.2, 0) is 0 Å². The zero-order valence-corrected chi connectivity index (χ0v) is 12.5. The first-order valence-electron chi connectivity index (χ1n) is 6.81. The van der Waals surface area contributed by atoms with Crippen molar-refractivity contribution in [2.24, 2.45) is 0 Å². The van der Waals surface area contributed by atoms with Crippen LogP contribution in [0.4, 0.5) is 13.2 Å². The van der Waals surface area contributed by atoms with E-state index in [2.05, 4.69) is 0 Å². The maximum absolute atomic E-state index is 13.1. The summed E-state index contributed by atoms with van der Waals surface area (Å²) in [7, 11) is 0. The molecule has 1 saturated heterocycles. The molecule has 0 aromatic carbocycles. The number of halogens is 3. The van der Waals surface area contributed by atoms with Gasteiger partial charge in [-0.1, -0.05) is 18.1 Å². The maximum atomic E-state index is 13.1. The molecule has 1 aliphatic carbocycles. The zero-order valence-electron chi connectivity index (χ0n) is 10.9. The van der Waals surface area contributed by atoms with Gasteiger partial charge in [0.1, 0.15) is 0 Å². The van der Waals surface area contributed by atoms with Gasteiger partial charge in [-0.05, 0) is 50.0 Å². The van der Waals surface area contributed by atoms with Crippen molar-refractivity contribution in [1.29, 1.82) is 0 Å². The molecule has 0 amide bonds. The number of hydrogen-bond acceptors (Lipinski definition) is 2. The van der Waals surface area contributed by atoms with E-state index in [4.69, 9.17) is 0 Å². The van der Waals surface area contributed by atoms with Crippen LogP contribution in [0, 0.1) is 0 Å². The molecule has 0 N–H and O–H groups in total. The quantitative estimate of drug-likeness (QED) is 0.581. The molecule has 108 valence electrons. The normalized spacial score (nSPS) is 21.4. The summed E-state index contributed by atoms with van der Waals surface area (Å²) in [6.45, 7) is 0. The van der Waals surface area contributed by atoms with Gasteiger partial charge in [0.25, 0.3) is 0 Å². The van der Waals surface area contributed by atoms with Gasteiger partial charge in [-0.2, -0.15) is 13.2 Å². The van der Waals surface area contributed by atoms with Gasteiger partial charge in [0, 0.05) is 4.24 Å². The van der Waals surface area contributed by atoms with E-state index >= 15 is 0 Å². The third-order valence-corrected chi connectivity index (χ3v) is 6.14. The highest BCUT2D eigenvalue weighted by Gasteiger charge is 2.36. The molecule has 1 heterocycles. The second-order valence-corrected chi connectivity index (χ2v) is 7.41. The Balaban J connectivity index is 2.10. The van der Waals surface area contributed by atoms with E-state index in [9.17, 15) is 13.2 Å². The Morgan fingerprint density at radius 1 is 1.00 bits per heavy atom. The van der Waals surface area contributed by atoms with Gasteiger partial charge in [-0.25, -0.2) is 0 Å². The van der Waals surface area contributed by atoms with Crippen molar-refractivity contribution in [3.63, 3.8) is 0 Å². The highest BCUT2D eigenvalue weighted by molar-refractivity contribution is 8.22. The molecule has 2 rings (SSSR count). The summed E-state index contributed by atoms with van der Waals surface area (Å²) in [6, 6.07) is 0. The molecular weight excluding hydrogens is 289 g/mol. The molecule has 0 aromatic heterocycles. The van der Waals surface area contributed by atoms with Crippen molar-refractivity contribution in [2.45, 2.75) is 51.1 Å². The van der Waals surface area contributed by atoms with E-state index in [0.717, 1.165) is 43.6 Å². The Kier molecular flexibility index (Phi) is 5.75. The van der Waals surface area contributed by atoms with Crippen LogP contribution in [0.2, 0.25) is 0 Å². The van der Waals surface area contributed by atoms with E-state index < -0.39 is 6.18 Å². The highest BCUT2D eigenvalue weighted by Crippen LogP contribution is 2.44. The summed E-state index contributed by atoms with van der Waals surface area (Å²) in [6.07, 6.45) is 4.18. The Hall–Kier alpha value is -0.0300. The minimum atomic E-state index is -4.18. The third kappa shape index (κ3) is 4.78. The monoisotopic (exact) mass is 308 g/mol. The van der Waals surface area contributed by atoms with Crippen LogP contribution in [0.15, 0.2) is 21.5 Å². The lowest BCUT2D eigenvalue weighted by molar-refractivity contribution is -0.0928. The minimum Gasteiger partial charge on any atom is -0.166 e. The molecular formula is C14H19F3S2. The third-order valence-electron chi connectivity index (χ3n) is 3.43. The lowest BCUT2D eigenvalue weighted by Crippen LogP contribution is -2.14. The van der Waals surface area contributed by atoms with Crippen LogP contribution in [-0.4, -0.2) is 17.7 Å². The van der Waals surface area contributed by atoms with Gasteiger partial charge in [0.15, 0.2) is 0 Å². The Morgan fingerprint density at radius 2 is 1.63 bits per heavy atom. The van der Waals surface area contributed by atoms with Crippen LogP contribution in [0.3, 0.4) is 0 Å². The number of alkyl halides is 3. The van der Waals surface area contributed by atoms with Crippen molar-refractivity contribution in [3.8, 4) is 0 Å². The zero-order chi connectivity index (χ0) is 13.7. The van der Waals surface area contributed by atoms with Gasteiger partial charge < -0.3 is 0 Å². The van der Waals surface area contributed by atoms with Crippen molar-refractivity contribution >= 4 is 23.5 Å². The summed E-state index contributed by atoms with van der Waals surface area (Å²) in [5.74, 6) is 1.64. The molecule has 0 spiro atoms. The number of thioether (sulfide) groups is 2. The largest absolute Gasteiger partial charge is 0.414 e. The maximum Gasteiger partial charge on any atom is 0.414 e. The number of allylic oxidation sites excluding steroid dienone is 3. The van der Waals surface area contributed by atoms with E-state index in [-0.39, 0.29) is 12.0 Å². The topological polar surface area (TPSA) is 0 Å². The van der Waals surface area contributed by atoms with E-state index in [1.807, 2.05) is 6.08 Å². The molecule has 1 saturated carbocycles. The average molecular weight is 308 g/mol. The van der Waals surface area contributed by atoms with Crippen molar-refractivity contribution in [2.75, 3.05) is 11.5 Å².